The highest BCUT2D eigenvalue weighted by molar-refractivity contribution is 6.30. The zero-order valence-corrected chi connectivity index (χ0v) is 11.0. The van der Waals surface area contributed by atoms with Gasteiger partial charge in [-0.1, -0.05) is 11.6 Å². The Bertz CT molecular complexity index is 548. The number of benzene rings is 1. The first kappa shape index (κ1) is 14.7. The van der Waals surface area contributed by atoms with Gasteiger partial charge >= 0.3 is 0 Å². The molecule has 1 atom stereocenters. The summed E-state index contributed by atoms with van der Waals surface area (Å²) in [6.45, 7) is -0.485. The van der Waals surface area contributed by atoms with Crippen molar-refractivity contribution in [1.82, 2.24) is 5.32 Å². The summed E-state index contributed by atoms with van der Waals surface area (Å²) in [7, 11) is 0. The molecule has 108 valence electrons. The molecule has 0 aromatic heterocycles. The van der Waals surface area contributed by atoms with Crippen molar-refractivity contribution in [3.05, 3.63) is 34.4 Å². The maximum Gasteiger partial charge on any atom is 0.265 e. The van der Waals surface area contributed by atoms with Crippen LogP contribution in [0.1, 0.15) is 5.56 Å². The molecule has 0 aliphatic carbocycles. The number of rotatable bonds is 4. The molecule has 0 spiro atoms. The first-order valence-electron chi connectivity index (χ1n) is 5.84. The largest absolute Gasteiger partial charge is 0.488 e. The number of amides is 1. The standard InChI is InChI=1S/C13H12ClF2NO3/c14-9-1-2-11-7(4-9)3-8(6-20-11)13(19)17-5-10(18)12(15)16/h1-4,10,12,18H,5-6H2,(H,17,19). The van der Waals surface area contributed by atoms with Crippen LogP contribution in [0.15, 0.2) is 23.8 Å². The Morgan fingerprint density at radius 2 is 2.25 bits per heavy atom. The monoisotopic (exact) mass is 303 g/mol. The zero-order chi connectivity index (χ0) is 14.7. The summed E-state index contributed by atoms with van der Waals surface area (Å²) in [5.41, 5.74) is 0.921. The number of carbonyl (C=O) groups is 1. The lowest BCUT2D eigenvalue weighted by Crippen LogP contribution is -2.37. The van der Waals surface area contributed by atoms with Crippen LogP contribution < -0.4 is 10.1 Å². The van der Waals surface area contributed by atoms with Gasteiger partial charge in [0.05, 0.1) is 5.57 Å². The van der Waals surface area contributed by atoms with E-state index >= 15 is 0 Å². The van der Waals surface area contributed by atoms with Gasteiger partial charge in [-0.15, -0.1) is 0 Å². The van der Waals surface area contributed by atoms with E-state index in [-0.39, 0.29) is 12.2 Å². The lowest BCUT2D eigenvalue weighted by molar-refractivity contribution is -0.118. The third kappa shape index (κ3) is 3.46. The van der Waals surface area contributed by atoms with Gasteiger partial charge in [-0.05, 0) is 24.3 Å². The van der Waals surface area contributed by atoms with Crippen molar-refractivity contribution >= 4 is 23.6 Å². The average Bonchev–Trinajstić information content (AvgIpc) is 2.43. The number of hydrogen-bond donors (Lipinski definition) is 2. The second-order valence-electron chi connectivity index (χ2n) is 4.25. The van der Waals surface area contributed by atoms with Gasteiger partial charge in [-0.25, -0.2) is 8.78 Å². The van der Waals surface area contributed by atoms with Crippen molar-refractivity contribution in [2.24, 2.45) is 0 Å². The van der Waals surface area contributed by atoms with E-state index in [4.69, 9.17) is 21.4 Å². The van der Waals surface area contributed by atoms with Crippen LogP contribution in [0, 0.1) is 0 Å². The highest BCUT2D eigenvalue weighted by Gasteiger charge is 2.21. The number of aliphatic hydroxyl groups excluding tert-OH is 1. The van der Waals surface area contributed by atoms with Crippen LogP contribution in [-0.4, -0.2) is 36.7 Å². The molecule has 7 heteroatoms. The molecule has 0 saturated carbocycles. The van der Waals surface area contributed by atoms with Crippen molar-refractivity contribution in [2.75, 3.05) is 13.2 Å². The van der Waals surface area contributed by atoms with E-state index in [0.29, 0.717) is 16.3 Å². The van der Waals surface area contributed by atoms with Crippen molar-refractivity contribution < 1.29 is 23.4 Å². The van der Waals surface area contributed by atoms with Gasteiger partial charge in [0, 0.05) is 17.1 Å². The summed E-state index contributed by atoms with van der Waals surface area (Å²) in [5, 5.41) is 11.7. The normalized spacial score (nSPS) is 15.2. The molecule has 4 nitrogen and oxygen atoms in total. The predicted molar refractivity (Wildman–Crippen MR) is 69.9 cm³/mol. The van der Waals surface area contributed by atoms with Crippen LogP contribution in [0.2, 0.25) is 5.02 Å². The van der Waals surface area contributed by atoms with Gasteiger partial charge < -0.3 is 15.2 Å². The Balaban J connectivity index is 2.05. The maximum absolute atomic E-state index is 12.1. The highest BCUT2D eigenvalue weighted by atomic mass is 35.5. The molecule has 1 aliphatic heterocycles. The van der Waals surface area contributed by atoms with E-state index in [9.17, 15) is 13.6 Å². The Hall–Kier alpha value is -1.66. The molecule has 0 radical (unpaired) electrons. The number of fused-ring (bicyclic) bond motifs is 1. The molecule has 1 aromatic rings. The van der Waals surface area contributed by atoms with E-state index in [1.807, 2.05) is 0 Å². The molecular formula is C13H12ClF2NO3. The SMILES string of the molecule is O=C(NCC(O)C(F)F)C1=Cc2cc(Cl)ccc2OC1. The van der Waals surface area contributed by atoms with E-state index in [0.717, 1.165) is 0 Å². The Morgan fingerprint density at radius 1 is 1.50 bits per heavy atom. The van der Waals surface area contributed by atoms with Crippen LogP contribution in [0.5, 0.6) is 5.75 Å². The first-order valence-corrected chi connectivity index (χ1v) is 6.22. The summed E-state index contributed by atoms with van der Waals surface area (Å²) < 4.78 is 29.6. The van der Waals surface area contributed by atoms with E-state index in [2.05, 4.69) is 5.32 Å². The molecule has 1 aromatic carbocycles. The molecule has 1 amide bonds. The minimum Gasteiger partial charge on any atom is -0.488 e. The summed E-state index contributed by atoms with van der Waals surface area (Å²) >= 11 is 5.84. The smallest absolute Gasteiger partial charge is 0.265 e. The number of nitrogens with one attached hydrogen (secondary N) is 1. The lowest BCUT2D eigenvalue weighted by Gasteiger charge is -2.18. The fraction of sp³-hybridized carbons (Fsp3) is 0.308. The molecule has 0 fully saturated rings. The van der Waals surface area contributed by atoms with Crippen LogP contribution >= 0.6 is 11.6 Å². The van der Waals surface area contributed by atoms with Gasteiger partial charge in [-0.3, -0.25) is 4.79 Å². The van der Waals surface area contributed by atoms with Crippen LogP contribution in [0.3, 0.4) is 0 Å². The summed E-state index contributed by atoms with van der Waals surface area (Å²) in [6, 6.07) is 4.99. The van der Waals surface area contributed by atoms with Gasteiger partial charge in [0.2, 0.25) is 0 Å². The topological polar surface area (TPSA) is 58.6 Å². The fourth-order valence-electron chi connectivity index (χ4n) is 1.68. The van der Waals surface area contributed by atoms with Gasteiger partial charge in [-0.2, -0.15) is 0 Å². The Kier molecular flexibility index (Phi) is 4.57. The third-order valence-corrected chi connectivity index (χ3v) is 2.97. The number of hydrogen-bond acceptors (Lipinski definition) is 3. The number of halogens is 3. The van der Waals surface area contributed by atoms with Crippen molar-refractivity contribution in [2.45, 2.75) is 12.5 Å². The molecule has 1 heterocycles. The fourth-order valence-corrected chi connectivity index (χ4v) is 1.86. The van der Waals surface area contributed by atoms with Crippen molar-refractivity contribution in [3.8, 4) is 5.75 Å². The number of ether oxygens (including phenoxy) is 1. The van der Waals surface area contributed by atoms with E-state index in [1.54, 1.807) is 24.3 Å². The van der Waals surface area contributed by atoms with Gasteiger partial charge in [0.1, 0.15) is 18.5 Å². The van der Waals surface area contributed by atoms with E-state index in [1.165, 1.54) is 0 Å². The zero-order valence-electron chi connectivity index (χ0n) is 10.3. The highest BCUT2D eigenvalue weighted by Crippen LogP contribution is 2.28. The molecule has 2 N–H and O–H groups in total. The third-order valence-electron chi connectivity index (χ3n) is 2.74. The molecule has 1 aliphatic rings. The van der Waals surface area contributed by atoms with Crippen molar-refractivity contribution in [3.63, 3.8) is 0 Å². The maximum atomic E-state index is 12.1. The quantitative estimate of drug-likeness (QED) is 0.892. The Morgan fingerprint density at radius 3 is 2.95 bits per heavy atom. The summed E-state index contributed by atoms with van der Waals surface area (Å²) in [5.74, 6) is 0.0360. The first-order chi connectivity index (χ1) is 9.47. The lowest BCUT2D eigenvalue weighted by atomic mass is 10.1. The van der Waals surface area contributed by atoms with Gasteiger partial charge in [0.15, 0.2) is 0 Å². The van der Waals surface area contributed by atoms with Crippen LogP contribution in [0.4, 0.5) is 8.78 Å². The molecule has 1 unspecified atom stereocenters. The molecule has 2 rings (SSSR count). The molecule has 20 heavy (non-hydrogen) atoms. The summed E-state index contributed by atoms with van der Waals surface area (Å²) in [6.07, 6.45) is -3.20. The molecular weight excluding hydrogens is 292 g/mol. The number of carbonyl (C=O) groups excluding carboxylic acids is 1. The molecule has 0 saturated heterocycles. The minimum absolute atomic E-state index is 0.0330. The van der Waals surface area contributed by atoms with Crippen LogP contribution in [-0.2, 0) is 4.79 Å². The average molecular weight is 304 g/mol. The summed E-state index contributed by atoms with van der Waals surface area (Å²) in [4.78, 5) is 11.8. The predicted octanol–water partition coefficient (Wildman–Crippen LogP) is 1.86. The second kappa shape index (κ2) is 6.19. The van der Waals surface area contributed by atoms with Crippen LogP contribution in [0.25, 0.3) is 6.08 Å². The minimum atomic E-state index is -2.90. The number of alkyl halides is 2. The second-order valence-corrected chi connectivity index (χ2v) is 4.69. The Labute approximate surface area is 119 Å². The number of aliphatic hydroxyl groups is 1. The van der Waals surface area contributed by atoms with Crippen molar-refractivity contribution in [1.29, 1.82) is 0 Å². The molecule has 0 bridgehead atoms. The van der Waals surface area contributed by atoms with E-state index < -0.39 is 25.0 Å². The van der Waals surface area contributed by atoms with Gasteiger partial charge in [0.25, 0.3) is 12.3 Å².